The fourth-order valence-corrected chi connectivity index (χ4v) is 3.90. The van der Waals surface area contributed by atoms with Crippen LogP contribution in [0.3, 0.4) is 0 Å². The van der Waals surface area contributed by atoms with Crippen molar-refractivity contribution < 1.29 is 4.79 Å². The van der Waals surface area contributed by atoms with Crippen molar-refractivity contribution in [2.45, 2.75) is 45.1 Å². The third-order valence-corrected chi connectivity index (χ3v) is 5.33. The van der Waals surface area contributed by atoms with Gasteiger partial charge in [0.25, 0.3) is 0 Å². The number of benzene rings is 1. The summed E-state index contributed by atoms with van der Waals surface area (Å²) in [4.78, 5) is 17.1. The van der Waals surface area contributed by atoms with E-state index in [9.17, 15) is 4.79 Å². The van der Waals surface area contributed by atoms with Gasteiger partial charge < -0.3 is 4.90 Å². The van der Waals surface area contributed by atoms with Crippen LogP contribution in [0.2, 0.25) is 0 Å². The van der Waals surface area contributed by atoms with Gasteiger partial charge in [0.1, 0.15) is 0 Å². The quantitative estimate of drug-likeness (QED) is 0.853. The SMILES string of the molecule is CC(Cc1ccccc1)N1CCN(C(=O)C2CCCC2)CC1. The van der Waals surface area contributed by atoms with Gasteiger partial charge in [-0.2, -0.15) is 0 Å². The third-order valence-electron chi connectivity index (χ3n) is 5.33. The molecule has 22 heavy (non-hydrogen) atoms. The Bertz CT molecular complexity index is 473. The molecule has 2 aliphatic rings. The molecule has 1 aliphatic heterocycles. The maximum absolute atomic E-state index is 12.5. The van der Waals surface area contributed by atoms with Crippen molar-refractivity contribution in [2.24, 2.45) is 5.92 Å². The molecule has 1 atom stereocenters. The average Bonchev–Trinajstić information content (AvgIpc) is 3.10. The Morgan fingerprint density at radius 3 is 2.36 bits per heavy atom. The highest BCUT2D eigenvalue weighted by molar-refractivity contribution is 5.79. The highest BCUT2D eigenvalue weighted by Gasteiger charge is 2.30. The topological polar surface area (TPSA) is 23.6 Å². The molecule has 3 nitrogen and oxygen atoms in total. The monoisotopic (exact) mass is 300 g/mol. The maximum Gasteiger partial charge on any atom is 0.225 e. The van der Waals surface area contributed by atoms with E-state index in [2.05, 4.69) is 47.1 Å². The van der Waals surface area contributed by atoms with Gasteiger partial charge in [-0.1, -0.05) is 43.2 Å². The van der Waals surface area contributed by atoms with E-state index >= 15 is 0 Å². The highest BCUT2D eigenvalue weighted by atomic mass is 16.2. The van der Waals surface area contributed by atoms with Gasteiger partial charge in [-0.05, 0) is 31.7 Å². The number of hydrogen-bond donors (Lipinski definition) is 0. The zero-order valence-electron chi connectivity index (χ0n) is 13.7. The van der Waals surface area contributed by atoms with Crippen LogP contribution in [-0.2, 0) is 11.2 Å². The lowest BCUT2D eigenvalue weighted by atomic mass is 10.0. The number of carbonyl (C=O) groups is 1. The molecule has 1 unspecified atom stereocenters. The summed E-state index contributed by atoms with van der Waals surface area (Å²) >= 11 is 0. The molecule has 1 saturated heterocycles. The molecule has 1 heterocycles. The van der Waals surface area contributed by atoms with Crippen LogP contribution in [0.1, 0.15) is 38.2 Å². The van der Waals surface area contributed by atoms with E-state index in [-0.39, 0.29) is 0 Å². The lowest BCUT2D eigenvalue weighted by Gasteiger charge is -2.39. The molecule has 1 amide bonds. The molecular formula is C19H28N2O. The largest absolute Gasteiger partial charge is 0.340 e. The number of hydrogen-bond acceptors (Lipinski definition) is 2. The lowest BCUT2D eigenvalue weighted by Crippen LogP contribution is -2.52. The highest BCUT2D eigenvalue weighted by Crippen LogP contribution is 2.27. The molecule has 0 aromatic heterocycles. The zero-order valence-corrected chi connectivity index (χ0v) is 13.7. The van der Waals surface area contributed by atoms with Crippen molar-refractivity contribution in [2.75, 3.05) is 26.2 Å². The van der Waals surface area contributed by atoms with Crippen molar-refractivity contribution in [3.63, 3.8) is 0 Å². The molecule has 0 spiro atoms. The zero-order chi connectivity index (χ0) is 15.4. The minimum absolute atomic E-state index is 0.327. The Morgan fingerprint density at radius 2 is 1.73 bits per heavy atom. The summed E-state index contributed by atoms with van der Waals surface area (Å²) in [6, 6.07) is 11.3. The molecule has 0 radical (unpaired) electrons. The van der Waals surface area contributed by atoms with E-state index in [1.54, 1.807) is 0 Å². The van der Waals surface area contributed by atoms with E-state index < -0.39 is 0 Å². The summed E-state index contributed by atoms with van der Waals surface area (Å²) in [7, 11) is 0. The fraction of sp³-hybridized carbons (Fsp3) is 0.632. The van der Waals surface area contributed by atoms with Crippen LogP contribution < -0.4 is 0 Å². The summed E-state index contributed by atoms with van der Waals surface area (Å²) in [5.41, 5.74) is 1.40. The molecule has 0 N–H and O–H groups in total. The predicted molar refractivity (Wildman–Crippen MR) is 89.7 cm³/mol. The smallest absolute Gasteiger partial charge is 0.225 e. The second-order valence-electron chi connectivity index (χ2n) is 6.88. The Balaban J connectivity index is 1.47. The van der Waals surface area contributed by atoms with Crippen molar-refractivity contribution in [3.05, 3.63) is 35.9 Å². The molecule has 0 bridgehead atoms. The standard InChI is InChI=1S/C19H28N2O/c1-16(15-17-7-3-2-4-8-17)20-11-13-21(14-12-20)19(22)18-9-5-6-10-18/h2-4,7-8,16,18H,5-6,9-15H2,1H3. The van der Waals surface area contributed by atoms with Crippen molar-refractivity contribution in [3.8, 4) is 0 Å². The minimum Gasteiger partial charge on any atom is -0.340 e. The van der Waals surface area contributed by atoms with Crippen LogP contribution in [-0.4, -0.2) is 47.9 Å². The Morgan fingerprint density at radius 1 is 1.09 bits per heavy atom. The molecule has 1 saturated carbocycles. The van der Waals surface area contributed by atoms with Gasteiger partial charge in [0.15, 0.2) is 0 Å². The first kappa shape index (κ1) is 15.5. The van der Waals surface area contributed by atoms with Crippen molar-refractivity contribution in [1.29, 1.82) is 0 Å². The lowest BCUT2D eigenvalue weighted by molar-refractivity contribution is -0.137. The average molecular weight is 300 g/mol. The number of piperazine rings is 1. The number of carbonyl (C=O) groups excluding carboxylic acids is 1. The molecule has 1 aromatic rings. The van der Waals surface area contributed by atoms with E-state index in [0.29, 0.717) is 17.9 Å². The second kappa shape index (κ2) is 7.28. The van der Waals surface area contributed by atoms with Crippen LogP contribution in [0.25, 0.3) is 0 Å². The number of rotatable bonds is 4. The van der Waals surface area contributed by atoms with Gasteiger partial charge in [-0.25, -0.2) is 0 Å². The van der Waals surface area contributed by atoms with Gasteiger partial charge in [0, 0.05) is 38.1 Å². The van der Waals surface area contributed by atoms with Crippen LogP contribution in [0, 0.1) is 5.92 Å². The molecule has 3 heteroatoms. The van der Waals surface area contributed by atoms with Gasteiger partial charge in [0.2, 0.25) is 5.91 Å². The molecule has 1 aromatic carbocycles. The van der Waals surface area contributed by atoms with E-state index in [1.807, 2.05) is 0 Å². The Kier molecular flexibility index (Phi) is 5.14. The summed E-state index contributed by atoms with van der Waals surface area (Å²) in [6.07, 6.45) is 5.80. The van der Waals surface area contributed by atoms with Crippen LogP contribution in [0.5, 0.6) is 0 Å². The van der Waals surface area contributed by atoms with Crippen molar-refractivity contribution in [1.82, 2.24) is 9.80 Å². The molecule has 1 aliphatic carbocycles. The summed E-state index contributed by atoms with van der Waals surface area (Å²) in [5.74, 6) is 0.751. The summed E-state index contributed by atoms with van der Waals surface area (Å²) < 4.78 is 0. The molecular weight excluding hydrogens is 272 g/mol. The second-order valence-corrected chi connectivity index (χ2v) is 6.88. The molecule has 3 rings (SSSR count). The summed E-state index contributed by atoms with van der Waals surface area (Å²) in [5, 5.41) is 0. The molecule has 120 valence electrons. The third kappa shape index (κ3) is 3.70. The van der Waals surface area contributed by atoms with E-state index in [4.69, 9.17) is 0 Å². The Hall–Kier alpha value is -1.35. The first-order valence-electron chi connectivity index (χ1n) is 8.81. The first-order chi connectivity index (χ1) is 10.7. The van der Waals surface area contributed by atoms with Gasteiger partial charge in [0.05, 0.1) is 0 Å². The van der Waals surface area contributed by atoms with Crippen LogP contribution in [0.4, 0.5) is 0 Å². The van der Waals surface area contributed by atoms with Gasteiger partial charge in [-0.3, -0.25) is 9.69 Å². The fourth-order valence-electron chi connectivity index (χ4n) is 3.90. The number of amides is 1. The predicted octanol–water partition coefficient (Wildman–Crippen LogP) is 2.95. The van der Waals surface area contributed by atoms with E-state index in [0.717, 1.165) is 45.4 Å². The van der Waals surface area contributed by atoms with Crippen molar-refractivity contribution >= 4 is 5.91 Å². The molecule has 2 fully saturated rings. The van der Waals surface area contributed by atoms with Crippen LogP contribution in [0.15, 0.2) is 30.3 Å². The Labute approximate surface area is 134 Å². The number of nitrogens with zero attached hydrogens (tertiary/aromatic N) is 2. The van der Waals surface area contributed by atoms with E-state index in [1.165, 1.54) is 18.4 Å². The first-order valence-corrected chi connectivity index (χ1v) is 8.81. The normalized spacial score (nSPS) is 22.0. The van der Waals surface area contributed by atoms with Gasteiger partial charge in [-0.15, -0.1) is 0 Å². The van der Waals surface area contributed by atoms with Crippen LogP contribution >= 0.6 is 0 Å². The van der Waals surface area contributed by atoms with Gasteiger partial charge >= 0.3 is 0 Å². The summed E-state index contributed by atoms with van der Waals surface area (Å²) in [6.45, 7) is 6.17. The minimum atomic E-state index is 0.327. The maximum atomic E-state index is 12.5.